The average Bonchev–Trinajstić information content (AvgIpc) is 2.47. The fraction of sp³-hybridized carbons (Fsp3) is 0.667. The van der Waals surface area contributed by atoms with Crippen molar-refractivity contribution in [3.8, 4) is 0 Å². The molecule has 0 amide bonds. The van der Waals surface area contributed by atoms with Crippen molar-refractivity contribution < 1.29 is 14.5 Å². The minimum absolute atomic E-state index is 0.422. The van der Waals surface area contributed by atoms with E-state index in [0.29, 0.717) is 12.2 Å². The van der Waals surface area contributed by atoms with Crippen LogP contribution >= 0.6 is 15.9 Å². The molecule has 2 heterocycles. The number of rotatable bonds is 3. The van der Waals surface area contributed by atoms with Gasteiger partial charge in [0.1, 0.15) is 31.8 Å². The van der Waals surface area contributed by atoms with Crippen molar-refractivity contribution in [2.75, 3.05) is 26.2 Å². The molecule has 0 radical (unpaired) electrons. The summed E-state index contributed by atoms with van der Waals surface area (Å²) in [6, 6.07) is 9.61. The van der Waals surface area contributed by atoms with Crippen LogP contribution in [0.4, 0.5) is 0 Å². The number of quaternary nitrogens is 2. The first-order chi connectivity index (χ1) is 10.6. The van der Waals surface area contributed by atoms with Crippen LogP contribution in [0.25, 0.3) is 0 Å². The third-order valence-electron chi connectivity index (χ3n) is 5.18. The zero-order valence-corrected chi connectivity index (χ0v) is 15.4. The van der Waals surface area contributed by atoms with Crippen LogP contribution < -0.4 is 9.80 Å². The normalized spacial score (nSPS) is 36.2. The molecular formula is C18H29BrN2O+2. The number of nitrogens with one attached hydrogen (secondary N) is 2. The molecule has 4 heteroatoms. The second-order valence-electron chi connectivity index (χ2n) is 7.15. The molecule has 1 aromatic carbocycles. The second-order valence-corrected chi connectivity index (χ2v) is 8.07. The van der Waals surface area contributed by atoms with Crippen LogP contribution in [0, 0.1) is 0 Å². The topological polar surface area (TPSA) is 18.1 Å². The number of likely N-dealkylation sites (tertiary alicyclic amines) is 1. The van der Waals surface area contributed by atoms with Crippen LogP contribution in [0.15, 0.2) is 28.7 Å². The van der Waals surface area contributed by atoms with Gasteiger partial charge in [-0.15, -0.1) is 0 Å². The van der Waals surface area contributed by atoms with Crippen LogP contribution in [-0.2, 0) is 11.3 Å². The summed E-state index contributed by atoms with van der Waals surface area (Å²) in [6.45, 7) is 10.6. The molecule has 2 atom stereocenters. The molecule has 122 valence electrons. The smallest absolute Gasteiger partial charge is 0.104 e. The van der Waals surface area contributed by atoms with E-state index in [1.807, 2.05) is 0 Å². The average molecular weight is 369 g/mol. The number of piperidine rings is 1. The van der Waals surface area contributed by atoms with Gasteiger partial charge in [0.05, 0.1) is 19.1 Å². The Balaban J connectivity index is 1.50. The van der Waals surface area contributed by atoms with Gasteiger partial charge in [-0.25, -0.2) is 0 Å². The van der Waals surface area contributed by atoms with Gasteiger partial charge in [-0.1, -0.05) is 28.1 Å². The van der Waals surface area contributed by atoms with E-state index in [9.17, 15) is 0 Å². The van der Waals surface area contributed by atoms with Gasteiger partial charge in [0.15, 0.2) is 0 Å². The van der Waals surface area contributed by atoms with Gasteiger partial charge in [-0.05, 0) is 26.0 Å². The van der Waals surface area contributed by atoms with E-state index in [4.69, 9.17) is 4.74 Å². The first kappa shape index (κ1) is 16.4. The van der Waals surface area contributed by atoms with Crippen molar-refractivity contribution in [3.05, 3.63) is 34.3 Å². The van der Waals surface area contributed by atoms with E-state index < -0.39 is 0 Å². The highest BCUT2D eigenvalue weighted by Gasteiger charge is 2.34. The third kappa shape index (κ3) is 4.31. The molecule has 22 heavy (non-hydrogen) atoms. The summed E-state index contributed by atoms with van der Waals surface area (Å²) < 4.78 is 7.08. The lowest BCUT2D eigenvalue weighted by Gasteiger charge is -2.39. The van der Waals surface area contributed by atoms with Crippen molar-refractivity contribution in [2.24, 2.45) is 0 Å². The summed E-state index contributed by atoms with van der Waals surface area (Å²) in [7, 11) is 0. The molecule has 0 aliphatic carbocycles. The van der Waals surface area contributed by atoms with E-state index in [-0.39, 0.29) is 0 Å². The van der Waals surface area contributed by atoms with Crippen LogP contribution in [-0.4, -0.2) is 44.4 Å². The van der Waals surface area contributed by atoms with Gasteiger partial charge in [-0.3, -0.25) is 0 Å². The van der Waals surface area contributed by atoms with Gasteiger partial charge < -0.3 is 14.5 Å². The second kappa shape index (κ2) is 7.43. The van der Waals surface area contributed by atoms with Crippen molar-refractivity contribution in [1.82, 2.24) is 0 Å². The molecule has 2 aliphatic rings. The summed E-state index contributed by atoms with van der Waals surface area (Å²) >= 11 is 3.58. The first-order valence-corrected chi connectivity index (χ1v) is 9.47. The Kier molecular flexibility index (Phi) is 5.55. The van der Waals surface area contributed by atoms with E-state index in [1.54, 1.807) is 9.80 Å². The lowest BCUT2D eigenvalue weighted by molar-refractivity contribution is -0.970. The van der Waals surface area contributed by atoms with Crippen molar-refractivity contribution in [1.29, 1.82) is 0 Å². The van der Waals surface area contributed by atoms with Crippen LogP contribution in [0.5, 0.6) is 0 Å². The minimum Gasteiger partial charge on any atom is -0.364 e. The van der Waals surface area contributed by atoms with E-state index in [0.717, 1.165) is 12.6 Å². The van der Waals surface area contributed by atoms with Crippen LogP contribution in [0.3, 0.4) is 0 Å². The Bertz CT molecular complexity index is 478. The van der Waals surface area contributed by atoms with Gasteiger partial charge >= 0.3 is 0 Å². The third-order valence-corrected chi connectivity index (χ3v) is 5.67. The Labute approximate surface area is 142 Å². The summed E-state index contributed by atoms with van der Waals surface area (Å²) in [5, 5.41) is 0. The standard InChI is InChI=1S/C18H27BrN2O/c1-14-11-21(12-15(2)22-14)18-6-8-20(9-7-18)13-16-4-3-5-17(19)10-16/h3-5,10,14-15,18H,6-9,11-13H2,1-2H3/p+2/t14-,15-/m1/s1. The Morgan fingerprint density at radius 3 is 2.45 bits per heavy atom. The number of hydrogen-bond donors (Lipinski definition) is 2. The van der Waals surface area contributed by atoms with Crippen LogP contribution in [0.1, 0.15) is 32.3 Å². The highest BCUT2D eigenvalue weighted by Crippen LogP contribution is 2.11. The summed E-state index contributed by atoms with van der Waals surface area (Å²) in [5.74, 6) is 0. The number of morpholine rings is 1. The lowest BCUT2D eigenvalue weighted by Crippen LogP contribution is -3.22. The summed E-state index contributed by atoms with van der Waals surface area (Å²) in [5.41, 5.74) is 1.45. The van der Waals surface area contributed by atoms with E-state index >= 15 is 0 Å². The molecule has 2 aliphatic heterocycles. The molecule has 0 unspecified atom stereocenters. The number of halogens is 1. The largest absolute Gasteiger partial charge is 0.364 e. The fourth-order valence-electron chi connectivity index (χ4n) is 4.19. The van der Waals surface area contributed by atoms with Gasteiger partial charge in [0.25, 0.3) is 0 Å². The maximum Gasteiger partial charge on any atom is 0.104 e. The molecule has 0 aromatic heterocycles. The van der Waals surface area contributed by atoms with Gasteiger partial charge in [0.2, 0.25) is 0 Å². The summed E-state index contributed by atoms with van der Waals surface area (Å²) in [6.07, 6.45) is 3.56. The molecule has 3 nitrogen and oxygen atoms in total. The first-order valence-electron chi connectivity index (χ1n) is 8.68. The van der Waals surface area contributed by atoms with E-state index in [2.05, 4.69) is 54.0 Å². The van der Waals surface area contributed by atoms with Gasteiger partial charge in [-0.2, -0.15) is 0 Å². The Morgan fingerprint density at radius 1 is 1.14 bits per heavy atom. The zero-order chi connectivity index (χ0) is 15.5. The molecule has 3 rings (SSSR count). The maximum atomic E-state index is 5.89. The molecule has 2 fully saturated rings. The quantitative estimate of drug-likeness (QED) is 0.803. The predicted octanol–water partition coefficient (Wildman–Crippen LogP) is 0.689. The Hall–Kier alpha value is -0.420. The fourth-order valence-corrected chi connectivity index (χ4v) is 4.64. The predicted molar refractivity (Wildman–Crippen MR) is 92.3 cm³/mol. The minimum atomic E-state index is 0.422. The molecule has 0 saturated carbocycles. The van der Waals surface area contributed by atoms with Crippen molar-refractivity contribution in [3.63, 3.8) is 0 Å². The van der Waals surface area contributed by atoms with Gasteiger partial charge in [0, 0.05) is 22.9 Å². The zero-order valence-electron chi connectivity index (χ0n) is 13.8. The SMILES string of the molecule is C[C@@H]1C[NH+](C2CC[NH+](Cc3cccc(Br)c3)CC2)C[C@@H](C)O1. The number of ether oxygens (including phenoxy) is 1. The highest BCUT2D eigenvalue weighted by molar-refractivity contribution is 9.10. The molecular weight excluding hydrogens is 340 g/mol. The van der Waals surface area contributed by atoms with Crippen molar-refractivity contribution in [2.45, 2.75) is 51.5 Å². The monoisotopic (exact) mass is 368 g/mol. The molecule has 2 N–H and O–H groups in total. The number of benzene rings is 1. The van der Waals surface area contributed by atoms with Crippen LogP contribution in [0.2, 0.25) is 0 Å². The highest BCUT2D eigenvalue weighted by atomic mass is 79.9. The summed E-state index contributed by atoms with van der Waals surface area (Å²) in [4.78, 5) is 3.52. The molecule has 1 aromatic rings. The number of hydrogen-bond acceptors (Lipinski definition) is 1. The molecule has 2 saturated heterocycles. The Morgan fingerprint density at radius 2 is 1.82 bits per heavy atom. The lowest BCUT2D eigenvalue weighted by atomic mass is 10.0. The van der Waals surface area contributed by atoms with Crippen molar-refractivity contribution >= 4 is 15.9 Å². The molecule has 0 spiro atoms. The van der Waals surface area contributed by atoms with E-state index in [1.165, 1.54) is 49.1 Å². The molecule has 0 bridgehead atoms. The maximum absolute atomic E-state index is 5.89.